The molecule has 0 saturated heterocycles. The molecule has 0 amide bonds. The number of unbranched alkanes of at least 4 members (excludes halogenated alkanes) is 10. The van der Waals surface area contributed by atoms with E-state index in [4.69, 9.17) is 37.0 Å². The minimum absolute atomic E-state index is 0.0869. The van der Waals surface area contributed by atoms with Crippen LogP contribution in [-0.2, 0) is 65.4 Å². The van der Waals surface area contributed by atoms with Gasteiger partial charge < -0.3 is 33.8 Å². The van der Waals surface area contributed by atoms with Crippen molar-refractivity contribution in [3.05, 3.63) is 0 Å². The van der Waals surface area contributed by atoms with Crippen LogP contribution in [0.25, 0.3) is 0 Å². The first-order valence-corrected chi connectivity index (χ1v) is 22.3. The summed E-state index contributed by atoms with van der Waals surface area (Å²) in [6.07, 6.45) is 8.56. The Bertz CT molecular complexity index is 1120. The number of carbonyl (C=O) groups is 4. The number of hydrogen-bond acceptors (Lipinski definition) is 15. The third-order valence-corrected chi connectivity index (χ3v) is 9.47. The number of phosphoric acid groups is 2. The lowest BCUT2D eigenvalue weighted by molar-refractivity contribution is -0.161. The minimum Gasteiger partial charge on any atom is -0.462 e. The Morgan fingerprint density at radius 2 is 0.796 bits per heavy atom. The highest BCUT2D eigenvalue weighted by Crippen LogP contribution is 2.45. The molecule has 19 heteroatoms. The molecule has 54 heavy (non-hydrogen) atoms. The van der Waals surface area contributed by atoms with E-state index in [9.17, 15) is 43.2 Å². The Kier molecular flexibility index (Phi) is 31.0. The Hall–Kier alpha value is -1.94. The fraction of sp³-hybridized carbons (Fsp3) is 0.886. The van der Waals surface area contributed by atoms with Crippen LogP contribution >= 0.6 is 15.6 Å². The summed E-state index contributed by atoms with van der Waals surface area (Å²) in [6.45, 7) is 3.78. The van der Waals surface area contributed by atoms with E-state index < -0.39 is 97.5 Å². The molecule has 0 rings (SSSR count). The molecule has 0 aliphatic heterocycles. The molecule has 0 aliphatic rings. The number of aliphatic hydroxyl groups is 1. The van der Waals surface area contributed by atoms with Crippen LogP contribution in [0.2, 0.25) is 0 Å². The van der Waals surface area contributed by atoms with E-state index >= 15 is 0 Å². The molecule has 0 radical (unpaired) electrons. The molecule has 17 nitrogen and oxygen atoms in total. The van der Waals surface area contributed by atoms with Gasteiger partial charge in [0.05, 0.1) is 26.4 Å². The first-order valence-electron chi connectivity index (χ1n) is 19.3. The third kappa shape index (κ3) is 31.3. The van der Waals surface area contributed by atoms with Crippen molar-refractivity contribution >= 4 is 39.5 Å². The fourth-order valence-electron chi connectivity index (χ4n) is 4.52. The number of phosphoric ester groups is 2. The molecule has 0 spiro atoms. The molecule has 0 aromatic carbocycles. The van der Waals surface area contributed by atoms with Crippen LogP contribution in [0.5, 0.6) is 0 Å². The van der Waals surface area contributed by atoms with Gasteiger partial charge in [0.2, 0.25) is 0 Å². The molecule has 2 unspecified atom stereocenters. The van der Waals surface area contributed by atoms with Gasteiger partial charge in [-0.05, 0) is 25.7 Å². The highest BCUT2D eigenvalue weighted by Gasteiger charge is 2.30. The van der Waals surface area contributed by atoms with Gasteiger partial charge in [0.25, 0.3) is 0 Å². The molecule has 0 aromatic heterocycles. The van der Waals surface area contributed by atoms with Crippen LogP contribution in [0.3, 0.4) is 0 Å². The van der Waals surface area contributed by atoms with Gasteiger partial charge in [0.15, 0.2) is 12.2 Å². The van der Waals surface area contributed by atoms with Gasteiger partial charge in [0, 0.05) is 25.7 Å². The molecule has 0 heterocycles. The van der Waals surface area contributed by atoms with E-state index in [0.29, 0.717) is 25.7 Å². The Balaban J connectivity index is 4.94. The number of ether oxygens (including phenoxy) is 4. The summed E-state index contributed by atoms with van der Waals surface area (Å²) in [5, 5.41) is 10.2. The molecule has 0 bridgehead atoms. The van der Waals surface area contributed by atoms with E-state index in [1.54, 1.807) is 6.92 Å². The monoisotopic (exact) mass is 820 g/mol. The maximum Gasteiger partial charge on any atom is 0.472 e. The summed E-state index contributed by atoms with van der Waals surface area (Å²) >= 11 is 0. The van der Waals surface area contributed by atoms with E-state index in [1.165, 1.54) is 12.8 Å². The van der Waals surface area contributed by atoms with Crippen LogP contribution < -0.4 is 0 Å². The first kappa shape index (κ1) is 52.1. The highest BCUT2D eigenvalue weighted by molar-refractivity contribution is 7.47. The van der Waals surface area contributed by atoms with Crippen LogP contribution in [0, 0.1) is 0 Å². The van der Waals surface area contributed by atoms with Crippen molar-refractivity contribution in [2.24, 2.45) is 0 Å². The minimum atomic E-state index is -4.88. The lowest BCUT2D eigenvalue weighted by atomic mass is 10.1. The number of aliphatic hydroxyl groups excluding tert-OH is 1. The normalized spacial score (nSPS) is 15.3. The maximum atomic E-state index is 12.5. The van der Waals surface area contributed by atoms with Crippen LogP contribution in [-0.4, -0.2) is 96.7 Å². The lowest BCUT2D eigenvalue weighted by Gasteiger charge is -2.21. The molecule has 0 fully saturated rings. The molecule has 0 saturated carbocycles. The topological polar surface area (TPSA) is 237 Å². The average molecular weight is 821 g/mol. The van der Waals surface area contributed by atoms with Crippen LogP contribution in [0.4, 0.5) is 0 Å². The van der Waals surface area contributed by atoms with Gasteiger partial charge >= 0.3 is 39.5 Å². The Labute approximate surface area is 320 Å². The van der Waals surface area contributed by atoms with E-state index in [-0.39, 0.29) is 25.7 Å². The second-order valence-electron chi connectivity index (χ2n) is 12.9. The quantitative estimate of drug-likeness (QED) is 0.0260. The molecule has 0 aliphatic carbocycles. The second kappa shape index (κ2) is 32.2. The summed E-state index contributed by atoms with van der Waals surface area (Å²) in [7, 11) is -9.76. The fourth-order valence-corrected chi connectivity index (χ4v) is 6.10. The van der Waals surface area contributed by atoms with Gasteiger partial charge in [-0.25, -0.2) is 9.13 Å². The molecular formula is C35H66O17P2. The predicted molar refractivity (Wildman–Crippen MR) is 197 cm³/mol. The maximum absolute atomic E-state index is 12.5. The number of hydrogen-bond donors (Lipinski definition) is 3. The van der Waals surface area contributed by atoms with E-state index in [2.05, 4.69) is 6.92 Å². The van der Waals surface area contributed by atoms with Gasteiger partial charge in [-0.2, -0.15) is 0 Å². The van der Waals surface area contributed by atoms with Gasteiger partial charge in [-0.15, -0.1) is 0 Å². The predicted octanol–water partition coefficient (Wildman–Crippen LogP) is 6.63. The van der Waals surface area contributed by atoms with Crippen molar-refractivity contribution in [1.29, 1.82) is 0 Å². The zero-order valence-corrected chi connectivity index (χ0v) is 34.4. The summed E-state index contributed by atoms with van der Waals surface area (Å²) in [5.41, 5.74) is 0. The molecule has 3 N–H and O–H groups in total. The SMILES string of the molecule is CCCCCCCCCCC(=O)O[C@H](COC(=O)CCC)COP(=O)(O)OC[C@@H](O)COP(=O)(O)OC[C@@H](COC(=O)CCCC)OC(=O)CCCCC. The summed E-state index contributed by atoms with van der Waals surface area (Å²) in [4.78, 5) is 68.7. The number of rotatable bonds is 36. The van der Waals surface area contributed by atoms with Crippen molar-refractivity contribution in [3.63, 3.8) is 0 Å². The van der Waals surface area contributed by atoms with Gasteiger partial charge in [-0.1, -0.05) is 91.9 Å². The number of carbonyl (C=O) groups excluding carboxylic acids is 4. The first-order chi connectivity index (χ1) is 25.7. The third-order valence-electron chi connectivity index (χ3n) is 7.57. The standard InChI is InChI=1S/C35H66O17P2/c1-5-9-12-13-14-15-16-18-22-35(40)52-30(25-45-32(37)19-8-4)27-49-53(41,42)47-23-29(36)24-48-54(43,44)50-28-31(26-46-33(38)20-11-7-3)51-34(39)21-17-10-6-2/h29-31,36H,5-28H2,1-4H3,(H,41,42)(H,43,44)/t29-,30-,31-/m1/s1. The summed E-state index contributed by atoms with van der Waals surface area (Å²) in [5.74, 6) is -2.30. The largest absolute Gasteiger partial charge is 0.472 e. The van der Waals surface area contributed by atoms with Crippen molar-refractivity contribution in [1.82, 2.24) is 0 Å². The van der Waals surface area contributed by atoms with E-state index in [0.717, 1.165) is 51.4 Å². The zero-order valence-electron chi connectivity index (χ0n) is 32.7. The van der Waals surface area contributed by atoms with Crippen molar-refractivity contribution < 1.29 is 80.2 Å². The Morgan fingerprint density at radius 3 is 1.24 bits per heavy atom. The van der Waals surface area contributed by atoms with Crippen molar-refractivity contribution in [3.8, 4) is 0 Å². The Morgan fingerprint density at radius 1 is 0.444 bits per heavy atom. The molecule has 318 valence electrons. The van der Waals surface area contributed by atoms with Crippen LogP contribution in [0.1, 0.15) is 143 Å². The highest BCUT2D eigenvalue weighted by atomic mass is 31.2. The number of esters is 4. The smallest absolute Gasteiger partial charge is 0.462 e. The summed E-state index contributed by atoms with van der Waals surface area (Å²) in [6, 6.07) is 0. The molecule has 5 atom stereocenters. The van der Waals surface area contributed by atoms with Crippen molar-refractivity contribution in [2.45, 2.75) is 162 Å². The lowest BCUT2D eigenvalue weighted by Crippen LogP contribution is -2.30. The summed E-state index contributed by atoms with van der Waals surface area (Å²) < 4.78 is 65.1. The molecular weight excluding hydrogens is 754 g/mol. The van der Waals surface area contributed by atoms with Crippen LogP contribution in [0.15, 0.2) is 0 Å². The van der Waals surface area contributed by atoms with Crippen molar-refractivity contribution in [2.75, 3.05) is 39.6 Å². The van der Waals surface area contributed by atoms with E-state index in [1.807, 2.05) is 13.8 Å². The van der Waals surface area contributed by atoms with Gasteiger partial charge in [-0.3, -0.25) is 37.3 Å². The average Bonchev–Trinajstić information content (AvgIpc) is 3.12. The molecule has 0 aromatic rings. The second-order valence-corrected chi connectivity index (χ2v) is 15.8. The zero-order chi connectivity index (χ0) is 40.7. The van der Waals surface area contributed by atoms with Gasteiger partial charge in [0.1, 0.15) is 19.3 Å².